The standard InChI is InChI=1S/C12H22O4S/c1-9(4-7-13)17-8-12(16)5-2-10(3-6-12)11(14)15/h9-10,13,16H,2-8H2,1H3,(H,14,15). The summed E-state index contributed by atoms with van der Waals surface area (Å²) in [5.74, 6) is -0.385. The molecular formula is C12H22O4S. The molecule has 0 spiro atoms. The summed E-state index contributed by atoms with van der Waals surface area (Å²) in [7, 11) is 0. The van der Waals surface area contributed by atoms with Crippen LogP contribution in [0.4, 0.5) is 0 Å². The van der Waals surface area contributed by atoms with Gasteiger partial charge in [0.1, 0.15) is 0 Å². The van der Waals surface area contributed by atoms with Gasteiger partial charge in [0.15, 0.2) is 0 Å². The van der Waals surface area contributed by atoms with Gasteiger partial charge >= 0.3 is 5.97 Å². The summed E-state index contributed by atoms with van der Waals surface area (Å²) in [4.78, 5) is 10.8. The molecule has 0 heterocycles. The highest BCUT2D eigenvalue weighted by Crippen LogP contribution is 2.35. The predicted molar refractivity (Wildman–Crippen MR) is 68.2 cm³/mol. The highest BCUT2D eigenvalue weighted by Gasteiger charge is 2.35. The van der Waals surface area contributed by atoms with Crippen LogP contribution in [0.15, 0.2) is 0 Å². The quantitative estimate of drug-likeness (QED) is 0.676. The maximum atomic E-state index is 10.8. The van der Waals surface area contributed by atoms with Crippen LogP contribution in [0.1, 0.15) is 39.0 Å². The van der Waals surface area contributed by atoms with E-state index in [1.54, 1.807) is 11.8 Å². The average Bonchev–Trinajstić information content (AvgIpc) is 2.28. The number of hydrogen-bond acceptors (Lipinski definition) is 4. The zero-order chi connectivity index (χ0) is 12.9. The predicted octanol–water partition coefficient (Wildman–Crippen LogP) is 1.50. The molecule has 3 N–H and O–H groups in total. The molecule has 1 fully saturated rings. The van der Waals surface area contributed by atoms with Crippen LogP contribution in [0, 0.1) is 5.92 Å². The van der Waals surface area contributed by atoms with E-state index in [1.165, 1.54) is 0 Å². The summed E-state index contributed by atoms with van der Waals surface area (Å²) in [6.45, 7) is 2.21. The minimum absolute atomic E-state index is 0.174. The first-order valence-electron chi connectivity index (χ1n) is 6.14. The molecule has 4 nitrogen and oxygen atoms in total. The summed E-state index contributed by atoms with van der Waals surface area (Å²) < 4.78 is 0. The van der Waals surface area contributed by atoms with Crippen molar-refractivity contribution in [3.05, 3.63) is 0 Å². The third kappa shape index (κ3) is 4.85. The maximum absolute atomic E-state index is 10.8. The van der Waals surface area contributed by atoms with Crippen molar-refractivity contribution in [2.75, 3.05) is 12.4 Å². The molecule has 1 rings (SSSR count). The van der Waals surface area contributed by atoms with E-state index in [0.29, 0.717) is 36.7 Å². The second-order valence-corrected chi connectivity index (χ2v) is 6.40. The minimum Gasteiger partial charge on any atom is -0.481 e. The topological polar surface area (TPSA) is 77.8 Å². The molecule has 1 saturated carbocycles. The Kier molecular flexibility index (Phi) is 5.76. The normalized spacial score (nSPS) is 31.1. The van der Waals surface area contributed by atoms with Crippen LogP contribution in [-0.2, 0) is 4.79 Å². The lowest BCUT2D eigenvalue weighted by atomic mass is 9.80. The highest BCUT2D eigenvalue weighted by atomic mass is 32.2. The number of carboxylic acids is 1. The Labute approximate surface area is 106 Å². The smallest absolute Gasteiger partial charge is 0.306 e. The van der Waals surface area contributed by atoms with Gasteiger partial charge in [-0.2, -0.15) is 11.8 Å². The van der Waals surface area contributed by atoms with Gasteiger partial charge in [-0.15, -0.1) is 0 Å². The van der Waals surface area contributed by atoms with Gasteiger partial charge in [-0.25, -0.2) is 0 Å². The van der Waals surface area contributed by atoms with E-state index in [9.17, 15) is 9.90 Å². The van der Waals surface area contributed by atoms with Crippen LogP contribution in [0.2, 0.25) is 0 Å². The lowest BCUT2D eigenvalue weighted by Crippen LogP contribution is -2.38. The molecule has 0 bridgehead atoms. The number of hydrogen-bond donors (Lipinski definition) is 3. The number of carbonyl (C=O) groups is 1. The fourth-order valence-corrected chi connectivity index (χ4v) is 3.26. The van der Waals surface area contributed by atoms with Gasteiger partial charge in [0.05, 0.1) is 11.5 Å². The second-order valence-electron chi connectivity index (χ2n) is 4.97. The van der Waals surface area contributed by atoms with Gasteiger partial charge in [0, 0.05) is 17.6 Å². The van der Waals surface area contributed by atoms with Gasteiger partial charge in [-0.1, -0.05) is 6.92 Å². The molecule has 0 saturated heterocycles. The third-order valence-electron chi connectivity index (χ3n) is 3.44. The Morgan fingerprint density at radius 3 is 2.53 bits per heavy atom. The number of rotatable bonds is 6. The molecule has 0 amide bonds. The van der Waals surface area contributed by atoms with Crippen molar-refractivity contribution in [3.63, 3.8) is 0 Å². The Morgan fingerprint density at radius 2 is 2.06 bits per heavy atom. The zero-order valence-electron chi connectivity index (χ0n) is 10.3. The number of carboxylic acid groups (broad SMARTS) is 1. The van der Waals surface area contributed by atoms with Gasteiger partial charge in [-0.05, 0) is 32.1 Å². The maximum Gasteiger partial charge on any atom is 0.306 e. The first-order chi connectivity index (χ1) is 7.97. The molecule has 5 heteroatoms. The summed E-state index contributed by atoms with van der Waals surface area (Å²) in [6, 6.07) is 0. The average molecular weight is 262 g/mol. The van der Waals surface area contributed by atoms with Gasteiger partial charge in [-0.3, -0.25) is 4.79 Å². The largest absolute Gasteiger partial charge is 0.481 e. The minimum atomic E-state index is -0.742. The lowest BCUT2D eigenvalue weighted by Gasteiger charge is -2.35. The fourth-order valence-electron chi connectivity index (χ4n) is 2.11. The summed E-state index contributed by atoms with van der Waals surface area (Å²) in [5.41, 5.74) is -0.708. The van der Waals surface area contributed by atoms with Crippen LogP contribution in [0.3, 0.4) is 0 Å². The van der Waals surface area contributed by atoms with Gasteiger partial charge < -0.3 is 15.3 Å². The zero-order valence-corrected chi connectivity index (χ0v) is 11.1. The first kappa shape index (κ1) is 14.8. The molecule has 1 aliphatic rings. The Morgan fingerprint density at radius 1 is 1.47 bits per heavy atom. The molecule has 1 aliphatic carbocycles. The molecule has 100 valence electrons. The SMILES string of the molecule is CC(CCO)SCC1(O)CCC(C(=O)O)CC1. The van der Waals surface area contributed by atoms with Crippen molar-refractivity contribution < 1.29 is 20.1 Å². The summed E-state index contributed by atoms with van der Waals surface area (Å²) in [6.07, 6.45) is 3.02. The highest BCUT2D eigenvalue weighted by molar-refractivity contribution is 7.99. The number of aliphatic hydroxyl groups is 2. The molecular weight excluding hydrogens is 240 g/mol. The van der Waals surface area contributed by atoms with E-state index in [-0.39, 0.29) is 12.5 Å². The van der Waals surface area contributed by atoms with Crippen LogP contribution < -0.4 is 0 Å². The van der Waals surface area contributed by atoms with Crippen molar-refractivity contribution >= 4 is 17.7 Å². The van der Waals surface area contributed by atoms with Crippen LogP contribution in [0.5, 0.6) is 0 Å². The Balaban J connectivity index is 2.31. The van der Waals surface area contributed by atoms with E-state index in [1.807, 2.05) is 6.92 Å². The van der Waals surface area contributed by atoms with Crippen LogP contribution in [0.25, 0.3) is 0 Å². The van der Waals surface area contributed by atoms with E-state index >= 15 is 0 Å². The van der Waals surface area contributed by atoms with E-state index in [4.69, 9.17) is 10.2 Å². The molecule has 1 atom stereocenters. The molecule has 0 radical (unpaired) electrons. The van der Waals surface area contributed by atoms with Crippen molar-refractivity contribution in [1.82, 2.24) is 0 Å². The van der Waals surface area contributed by atoms with E-state index in [0.717, 1.165) is 6.42 Å². The molecule has 0 aromatic carbocycles. The number of aliphatic carboxylic acids is 1. The van der Waals surface area contributed by atoms with Crippen molar-refractivity contribution in [3.8, 4) is 0 Å². The lowest BCUT2D eigenvalue weighted by molar-refractivity contribution is -0.144. The molecule has 1 unspecified atom stereocenters. The van der Waals surface area contributed by atoms with Crippen LogP contribution >= 0.6 is 11.8 Å². The molecule has 0 aliphatic heterocycles. The Bertz CT molecular complexity index is 249. The molecule has 0 aromatic rings. The fraction of sp³-hybridized carbons (Fsp3) is 0.917. The van der Waals surface area contributed by atoms with Crippen molar-refractivity contribution in [1.29, 1.82) is 0 Å². The van der Waals surface area contributed by atoms with Crippen LogP contribution in [-0.4, -0.2) is 44.5 Å². The summed E-state index contributed by atoms with van der Waals surface area (Å²) >= 11 is 1.66. The summed E-state index contributed by atoms with van der Waals surface area (Å²) in [5, 5.41) is 28.3. The van der Waals surface area contributed by atoms with Crippen molar-refractivity contribution in [2.24, 2.45) is 5.92 Å². The van der Waals surface area contributed by atoms with Crippen molar-refractivity contribution in [2.45, 2.75) is 49.9 Å². The number of aliphatic hydroxyl groups excluding tert-OH is 1. The third-order valence-corrected chi connectivity index (χ3v) is 4.95. The Hall–Kier alpha value is -0.260. The van der Waals surface area contributed by atoms with E-state index < -0.39 is 11.6 Å². The van der Waals surface area contributed by atoms with E-state index in [2.05, 4.69) is 0 Å². The second kappa shape index (κ2) is 6.61. The van der Waals surface area contributed by atoms with Gasteiger partial charge in [0.25, 0.3) is 0 Å². The molecule has 0 aromatic heterocycles. The first-order valence-corrected chi connectivity index (χ1v) is 7.19. The monoisotopic (exact) mass is 262 g/mol. The molecule has 17 heavy (non-hydrogen) atoms. The number of thioether (sulfide) groups is 1. The van der Waals surface area contributed by atoms with Gasteiger partial charge in [0.2, 0.25) is 0 Å².